The van der Waals surface area contributed by atoms with Crippen molar-refractivity contribution in [1.82, 2.24) is 5.32 Å². The van der Waals surface area contributed by atoms with Crippen LogP contribution in [0.2, 0.25) is 0 Å². The van der Waals surface area contributed by atoms with E-state index in [0.29, 0.717) is 19.4 Å². The van der Waals surface area contributed by atoms with E-state index in [4.69, 9.17) is 4.74 Å². The second kappa shape index (κ2) is 61.6. The molecule has 0 spiro atoms. The van der Waals surface area contributed by atoms with Gasteiger partial charge in [0.25, 0.3) is 0 Å². The second-order valence-corrected chi connectivity index (χ2v) is 22.1. The number of carbonyl (C=O) groups excluding carboxylic acids is 2. The highest BCUT2D eigenvalue weighted by molar-refractivity contribution is 5.76. The average molecular weight is 1010 g/mol. The minimum Gasteiger partial charge on any atom is -0.466 e. The van der Waals surface area contributed by atoms with E-state index in [9.17, 15) is 19.8 Å². The topological polar surface area (TPSA) is 95.9 Å². The van der Waals surface area contributed by atoms with Gasteiger partial charge in [-0.3, -0.25) is 9.59 Å². The van der Waals surface area contributed by atoms with E-state index in [0.717, 1.165) is 70.6 Å². The maximum Gasteiger partial charge on any atom is 0.305 e. The number of hydrogen-bond donors (Lipinski definition) is 3. The molecular weight excluding hydrogens is 887 g/mol. The van der Waals surface area contributed by atoms with E-state index in [1.54, 1.807) is 6.08 Å². The normalized spacial score (nSPS) is 12.8. The fraction of sp³-hybridized carbons (Fsp3) is 0.879. The van der Waals surface area contributed by atoms with Gasteiger partial charge < -0.3 is 20.3 Å². The third kappa shape index (κ3) is 57.4. The first kappa shape index (κ1) is 70.1. The Morgan fingerprint density at radius 3 is 0.986 bits per heavy atom. The number of aliphatic hydroxyl groups excluding tert-OH is 2. The highest BCUT2D eigenvalue weighted by Gasteiger charge is 2.18. The first-order valence-corrected chi connectivity index (χ1v) is 32.3. The third-order valence-corrected chi connectivity index (χ3v) is 14.9. The van der Waals surface area contributed by atoms with Crippen LogP contribution < -0.4 is 5.32 Å². The van der Waals surface area contributed by atoms with Crippen molar-refractivity contribution in [2.24, 2.45) is 0 Å². The van der Waals surface area contributed by atoms with Crippen LogP contribution >= 0.6 is 0 Å². The zero-order valence-corrected chi connectivity index (χ0v) is 48.4. The first-order chi connectivity index (χ1) is 35.5. The predicted molar refractivity (Wildman–Crippen MR) is 315 cm³/mol. The molecule has 0 radical (unpaired) electrons. The lowest BCUT2D eigenvalue weighted by Gasteiger charge is -2.20. The molecule has 0 aliphatic carbocycles. The summed E-state index contributed by atoms with van der Waals surface area (Å²) in [7, 11) is 0. The summed E-state index contributed by atoms with van der Waals surface area (Å²) in [6, 6.07) is -0.641. The maximum absolute atomic E-state index is 12.5. The van der Waals surface area contributed by atoms with Crippen LogP contribution in [0.25, 0.3) is 0 Å². The van der Waals surface area contributed by atoms with Crippen molar-refractivity contribution in [3.63, 3.8) is 0 Å². The van der Waals surface area contributed by atoms with Gasteiger partial charge in [-0.2, -0.15) is 0 Å². The molecule has 0 bridgehead atoms. The Balaban J connectivity index is 3.50. The molecule has 424 valence electrons. The Bertz CT molecular complexity index is 1170. The molecule has 0 heterocycles. The number of unbranched alkanes of at least 4 members (excludes halogenated alkanes) is 45. The van der Waals surface area contributed by atoms with E-state index in [1.807, 2.05) is 6.08 Å². The lowest BCUT2D eigenvalue weighted by atomic mass is 10.0. The van der Waals surface area contributed by atoms with Crippen molar-refractivity contribution in [3.05, 3.63) is 36.5 Å². The smallest absolute Gasteiger partial charge is 0.305 e. The summed E-state index contributed by atoms with van der Waals surface area (Å²) in [6.45, 7) is 4.88. The standard InChI is InChI=1S/C66H125NO5/c1-3-5-7-9-11-13-15-17-19-20-21-22-23-24-25-26-27-28-31-34-38-42-46-50-54-58-64(69)63(62-68)67-65(70)59-55-51-47-43-39-35-32-29-33-37-41-45-49-53-57-61-72-66(71)60-56-52-48-44-40-36-30-18-16-14-12-10-8-6-4-2/h18,30,33,37,54,58,63-64,68-69H,3-17,19-29,31-32,34-36,38-53,55-57,59-62H2,1-2H3,(H,67,70)/b30-18-,37-33-,58-54+. The molecule has 1 amide bonds. The Kier molecular flexibility index (Phi) is 60.0. The SMILES string of the molecule is CCCCCCCC/C=C\CCCCCCCC(=O)OCCCCCC/C=C\CCCCCCCCCC(=O)NC(CO)C(O)/C=C/CCCCCCCCCCCCCCCCCCCCCCCCC. The molecule has 6 nitrogen and oxygen atoms in total. The van der Waals surface area contributed by atoms with Crippen LogP contribution in [0.3, 0.4) is 0 Å². The number of nitrogens with one attached hydrogen (secondary N) is 1. The van der Waals surface area contributed by atoms with Gasteiger partial charge in [0.1, 0.15) is 0 Å². The van der Waals surface area contributed by atoms with Gasteiger partial charge in [0.2, 0.25) is 5.91 Å². The summed E-state index contributed by atoms with van der Waals surface area (Å²) in [5.41, 5.74) is 0. The van der Waals surface area contributed by atoms with Crippen molar-refractivity contribution in [3.8, 4) is 0 Å². The fourth-order valence-corrected chi connectivity index (χ4v) is 9.92. The molecule has 0 aliphatic heterocycles. The zero-order valence-electron chi connectivity index (χ0n) is 48.4. The largest absolute Gasteiger partial charge is 0.466 e. The Labute approximate surface area is 449 Å². The number of allylic oxidation sites excluding steroid dienone is 5. The molecule has 0 aromatic rings. The number of rotatable bonds is 60. The van der Waals surface area contributed by atoms with Crippen molar-refractivity contribution in [2.75, 3.05) is 13.2 Å². The van der Waals surface area contributed by atoms with E-state index < -0.39 is 12.1 Å². The summed E-state index contributed by atoms with van der Waals surface area (Å²) < 4.78 is 5.46. The lowest BCUT2D eigenvalue weighted by Crippen LogP contribution is -2.45. The zero-order chi connectivity index (χ0) is 52.2. The molecule has 0 fully saturated rings. The molecule has 72 heavy (non-hydrogen) atoms. The minimum absolute atomic E-state index is 0.0186. The van der Waals surface area contributed by atoms with Crippen LogP contribution in [-0.2, 0) is 14.3 Å². The second-order valence-electron chi connectivity index (χ2n) is 22.1. The van der Waals surface area contributed by atoms with E-state index in [-0.39, 0.29) is 18.5 Å². The van der Waals surface area contributed by atoms with Crippen molar-refractivity contribution < 1.29 is 24.5 Å². The molecule has 3 N–H and O–H groups in total. The Hall–Kier alpha value is -1.92. The van der Waals surface area contributed by atoms with Crippen LogP contribution in [0, 0.1) is 0 Å². The number of amides is 1. The Morgan fingerprint density at radius 2 is 0.653 bits per heavy atom. The molecule has 0 aromatic carbocycles. The van der Waals surface area contributed by atoms with Gasteiger partial charge in [0.15, 0.2) is 0 Å². The molecule has 2 atom stereocenters. The summed E-state index contributed by atoms with van der Waals surface area (Å²) in [6.07, 6.45) is 77.6. The third-order valence-electron chi connectivity index (χ3n) is 14.9. The van der Waals surface area contributed by atoms with Gasteiger partial charge in [0, 0.05) is 12.8 Å². The quantitative estimate of drug-likeness (QED) is 0.0320. The monoisotopic (exact) mass is 1010 g/mol. The summed E-state index contributed by atoms with van der Waals surface area (Å²) in [5.74, 6) is -0.0990. The average Bonchev–Trinajstić information content (AvgIpc) is 3.38. The van der Waals surface area contributed by atoms with Crippen molar-refractivity contribution in [1.29, 1.82) is 0 Å². The highest BCUT2D eigenvalue weighted by atomic mass is 16.5. The highest BCUT2D eigenvalue weighted by Crippen LogP contribution is 2.17. The number of ether oxygens (including phenoxy) is 1. The van der Waals surface area contributed by atoms with Crippen LogP contribution in [0.4, 0.5) is 0 Å². The van der Waals surface area contributed by atoms with E-state index in [2.05, 4.69) is 43.5 Å². The van der Waals surface area contributed by atoms with E-state index in [1.165, 1.54) is 250 Å². The summed E-state index contributed by atoms with van der Waals surface area (Å²) in [4.78, 5) is 24.6. The minimum atomic E-state index is -0.857. The number of carbonyl (C=O) groups is 2. The Morgan fingerprint density at radius 1 is 0.375 bits per heavy atom. The molecule has 0 rings (SSSR count). The van der Waals surface area contributed by atoms with Crippen molar-refractivity contribution >= 4 is 11.9 Å². The van der Waals surface area contributed by atoms with Crippen LogP contribution in [-0.4, -0.2) is 47.4 Å². The molecule has 6 heteroatoms. The lowest BCUT2D eigenvalue weighted by molar-refractivity contribution is -0.143. The molecule has 2 unspecified atom stereocenters. The molecule has 0 aliphatic rings. The van der Waals surface area contributed by atoms with Crippen LogP contribution in [0.5, 0.6) is 0 Å². The van der Waals surface area contributed by atoms with Gasteiger partial charge in [0.05, 0.1) is 25.4 Å². The number of hydrogen-bond acceptors (Lipinski definition) is 5. The number of aliphatic hydroxyl groups is 2. The van der Waals surface area contributed by atoms with Gasteiger partial charge in [-0.1, -0.05) is 288 Å². The molecule has 0 saturated carbocycles. The molecule has 0 saturated heterocycles. The molecular formula is C66H125NO5. The van der Waals surface area contributed by atoms with Crippen LogP contribution in [0.15, 0.2) is 36.5 Å². The predicted octanol–water partition coefficient (Wildman–Crippen LogP) is 20.4. The fourth-order valence-electron chi connectivity index (χ4n) is 9.92. The van der Waals surface area contributed by atoms with Gasteiger partial charge in [-0.05, 0) is 83.5 Å². The molecule has 0 aromatic heterocycles. The van der Waals surface area contributed by atoms with Gasteiger partial charge in [-0.25, -0.2) is 0 Å². The summed E-state index contributed by atoms with van der Waals surface area (Å²) >= 11 is 0. The summed E-state index contributed by atoms with van der Waals surface area (Å²) in [5, 5.41) is 23.2. The number of esters is 1. The maximum atomic E-state index is 12.5. The van der Waals surface area contributed by atoms with Gasteiger partial charge >= 0.3 is 5.97 Å². The van der Waals surface area contributed by atoms with Crippen LogP contribution in [0.1, 0.15) is 348 Å². The first-order valence-electron chi connectivity index (χ1n) is 32.3. The van der Waals surface area contributed by atoms with E-state index >= 15 is 0 Å². The van der Waals surface area contributed by atoms with Crippen molar-refractivity contribution in [2.45, 2.75) is 360 Å². The van der Waals surface area contributed by atoms with Gasteiger partial charge in [-0.15, -0.1) is 0 Å².